The quantitative estimate of drug-likeness (QED) is 0.848. The highest BCUT2D eigenvalue weighted by Gasteiger charge is 2.06. The van der Waals surface area contributed by atoms with Gasteiger partial charge >= 0.3 is 0 Å². The largest absolute Gasteiger partial charge is 0.399 e. The number of anilines is 2. The van der Waals surface area contributed by atoms with E-state index in [1.165, 1.54) is 5.56 Å². The zero-order chi connectivity index (χ0) is 12.3. The number of nitrogen functional groups attached to an aromatic ring is 1. The molecule has 3 nitrogen and oxygen atoms in total. The van der Waals surface area contributed by atoms with Crippen LogP contribution in [0.1, 0.15) is 5.56 Å². The molecule has 0 fully saturated rings. The number of hydrogen-bond donors (Lipinski definition) is 1. The lowest BCUT2D eigenvalue weighted by molar-refractivity contribution is 0.920. The number of rotatable bonds is 3. The number of nitrogens with two attached hydrogens (primary N) is 1. The smallest absolute Gasteiger partial charge is 0.0660 e. The van der Waals surface area contributed by atoms with Crippen LogP contribution in [-0.2, 0) is 6.54 Å². The molecule has 17 heavy (non-hydrogen) atoms. The second kappa shape index (κ2) is 5.06. The van der Waals surface area contributed by atoms with E-state index >= 15 is 0 Å². The maximum Gasteiger partial charge on any atom is 0.0660 e. The molecule has 1 aromatic heterocycles. The van der Waals surface area contributed by atoms with Crippen LogP contribution in [0.15, 0.2) is 42.7 Å². The summed E-state index contributed by atoms with van der Waals surface area (Å²) in [6.07, 6.45) is 3.57. The second-order valence-corrected chi connectivity index (χ2v) is 4.33. The third-order valence-electron chi connectivity index (χ3n) is 2.55. The van der Waals surface area contributed by atoms with Gasteiger partial charge in [-0.1, -0.05) is 11.6 Å². The fourth-order valence-electron chi connectivity index (χ4n) is 1.68. The molecule has 4 heteroatoms. The van der Waals surface area contributed by atoms with Crippen molar-refractivity contribution in [3.05, 3.63) is 53.3 Å². The zero-order valence-corrected chi connectivity index (χ0v) is 10.4. The first-order chi connectivity index (χ1) is 8.16. The van der Waals surface area contributed by atoms with Crippen molar-refractivity contribution in [3.63, 3.8) is 0 Å². The molecular formula is C13H14ClN3. The molecule has 0 radical (unpaired) electrons. The SMILES string of the molecule is CN(Cc1ccncc1)c1ccc(N)cc1Cl. The number of nitrogens with zero attached hydrogens (tertiary/aromatic N) is 2. The van der Waals surface area contributed by atoms with Crippen molar-refractivity contribution in [2.24, 2.45) is 0 Å². The first kappa shape index (κ1) is 11.7. The second-order valence-electron chi connectivity index (χ2n) is 3.92. The Bertz CT molecular complexity index is 499. The van der Waals surface area contributed by atoms with Crippen LogP contribution in [-0.4, -0.2) is 12.0 Å². The lowest BCUT2D eigenvalue weighted by Gasteiger charge is -2.20. The zero-order valence-electron chi connectivity index (χ0n) is 9.60. The highest BCUT2D eigenvalue weighted by molar-refractivity contribution is 6.33. The predicted octanol–water partition coefficient (Wildman–Crippen LogP) is 2.95. The van der Waals surface area contributed by atoms with Crippen molar-refractivity contribution >= 4 is 23.0 Å². The van der Waals surface area contributed by atoms with Gasteiger partial charge in [0.1, 0.15) is 0 Å². The summed E-state index contributed by atoms with van der Waals surface area (Å²) in [5, 5.41) is 0.668. The molecule has 2 rings (SSSR count). The monoisotopic (exact) mass is 247 g/mol. The minimum atomic E-state index is 0.668. The lowest BCUT2D eigenvalue weighted by Crippen LogP contribution is -2.16. The Balaban J connectivity index is 2.17. The van der Waals surface area contributed by atoms with Crippen LogP contribution in [0.2, 0.25) is 5.02 Å². The van der Waals surface area contributed by atoms with Crippen molar-refractivity contribution in [1.29, 1.82) is 0 Å². The highest BCUT2D eigenvalue weighted by atomic mass is 35.5. The molecule has 0 amide bonds. The van der Waals surface area contributed by atoms with E-state index in [-0.39, 0.29) is 0 Å². The highest BCUT2D eigenvalue weighted by Crippen LogP contribution is 2.27. The predicted molar refractivity (Wildman–Crippen MR) is 72.2 cm³/mol. The van der Waals surface area contributed by atoms with Crippen LogP contribution in [0.25, 0.3) is 0 Å². The standard InChI is InChI=1S/C13H14ClN3/c1-17(9-10-4-6-16-7-5-10)13-3-2-11(15)8-12(13)14/h2-8H,9,15H2,1H3. The molecule has 2 N–H and O–H groups in total. The Labute approximate surface area is 106 Å². The van der Waals surface area contributed by atoms with Crippen LogP contribution in [0.3, 0.4) is 0 Å². The maximum atomic E-state index is 6.16. The van der Waals surface area contributed by atoms with E-state index in [0.717, 1.165) is 12.2 Å². The molecular weight excluding hydrogens is 234 g/mol. The minimum absolute atomic E-state index is 0.668. The number of pyridine rings is 1. The van der Waals surface area contributed by atoms with Gasteiger partial charge in [-0.2, -0.15) is 0 Å². The molecule has 0 spiro atoms. The van der Waals surface area contributed by atoms with Crippen LogP contribution in [0.5, 0.6) is 0 Å². The molecule has 0 atom stereocenters. The van der Waals surface area contributed by atoms with Gasteiger partial charge in [0.05, 0.1) is 10.7 Å². The van der Waals surface area contributed by atoms with Gasteiger partial charge in [0, 0.05) is 31.7 Å². The van der Waals surface area contributed by atoms with Crippen LogP contribution in [0.4, 0.5) is 11.4 Å². The van der Waals surface area contributed by atoms with Gasteiger partial charge in [0.2, 0.25) is 0 Å². The average molecular weight is 248 g/mol. The van der Waals surface area contributed by atoms with E-state index in [1.807, 2.05) is 31.3 Å². The van der Waals surface area contributed by atoms with Crippen LogP contribution in [0, 0.1) is 0 Å². The molecule has 2 aromatic rings. The summed E-state index contributed by atoms with van der Waals surface area (Å²) in [6.45, 7) is 0.784. The Morgan fingerprint density at radius 3 is 2.59 bits per heavy atom. The van der Waals surface area contributed by atoms with Gasteiger partial charge in [0.25, 0.3) is 0 Å². The number of benzene rings is 1. The summed E-state index contributed by atoms with van der Waals surface area (Å²) in [6, 6.07) is 9.52. The van der Waals surface area contributed by atoms with Crippen LogP contribution < -0.4 is 10.6 Å². The normalized spacial score (nSPS) is 10.2. The molecule has 0 aliphatic carbocycles. The fraction of sp³-hybridized carbons (Fsp3) is 0.154. The summed E-state index contributed by atoms with van der Waals surface area (Å²) in [7, 11) is 2.00. The van der Waals surface area contributed by atoms with Crippen molar-refractivity contribution in [3.8, 4) is 0 Å². The van der Waals surface area contributed by atoms with E-state index in [2.05, 4.69) is 9.88 Å². The van der Waals surface area contributed by atoms with Gasteiger partial charge in [-0.25, -0.2) is 0 Å². The molecule has 0 unspecified atom stereocenters. The van der Waals surface area contributed by atoms with Gasteiger partial charge in [-0.15, -0.1) is 0 Å². The third-order valence-corrected chi connectivity index (χ3v) is 2.85. The molecule has 0 saturated carbocycles. The Kier molecular flexibility index (Phi) is 3.49. The van der Waals surface area contributed by atoms with Crippen molar-refractivity contribution in [2.75, 3.05) is 17.7 Å². The number of halogens is 1. The molecule has 0 bridgehead atoms. The van der Waals surface area contributed by atoms with Crippen LogP contribution >= 0.6 is 11.6 Å². The third kappa shape index (κ3) is 2.88. The first-order valence-corrected chi connectivity index (χ1v) is 5.69. The fourth-order valence-corrected chi connectivity index (χ4v) is 2.01. The first-order valence-electron chi connectivity index (χ1n) is 5.32. The Morgan fingerprint density at radius 2 is 1.94 bits per heavy atom. The minimum Gasteiger partial charge on any atom is -0.399 e. The summed E-state index contributed by atoms with van der Waals surface area (Å²) in [5.41, 5.74) is 8.51. The summed E-state index contributed by atoms with van der Waals surface area (Å²) in [4.78, 5) is 6.07. The van der Waals surface area contributed by atoms with E-state index < -0.39 is 0 Å². The summed E-state index contributed by atoms with van der Waals surface area (Å²) < 4.78 is 0. The average Bonchev–Trinajstić information content (AvgIpc) is 2.30. The van der Waals surface area contributed by atoms with E-state index in [0.29, 0.717) is 10.7 Å². The molecule has 0 saturated heterocycles. The topological polar surface area (TPSA) is 42.2 Å². The molecule has 0 aliphatic rings. The lowest BCUT2D eigenvalue weighted by atomic mass is 10.2. The van der Waals surface area contributed by atoms with Gasteiger partial charge < -0.3 is 10.6 Å². The van der Waals surface area contributed by atoms with Crippen molar-refractivity contribution in [2.45, 2.75) is 6.54 Å². The molecule has 0 aliphatic heterocycles. The van der Waals surface area contributed by atoms with E-state index in [9.17, 15) is 0 Å². The van der Waals surface area contributed by atoms with Gasteiger partial charge in [0.15, 0.2) is 0 Å². The van der Waals surface area contributed by atoms with E-state index in [1.54, 1.807) is 18.5 Å². The molecule has 1 heterocycles. The Morgan fingerprint density at radius 1 is 1.24 bits per heavy atom. The Hall–Kier alpha value is -1.74. The number of hydrogen-bond acceptors (Lipinski definition) is 3. The van der Waals surface area contributed by atoms with Crippen molar-refractivity contribution < 1.29 is 0 Å². The van der Waals surface area contributed by atoms with Crippen molar-refractivity contribution in [1.82, 2.24) is 4.98 Å². The summed E-state index contributed by atoms with van der Waals surface area (Å²) >= 11 is 6.16. The van der Waals surface area contributed by atoms with E-state index in [4.69, 9.17) is 17.3 Å². The van der Waals surface area contributed by atoms with Gasteiger partial charge in [-0.3, -0.25) is 4.98 Å². The maximum absolute atomic E-state index is 6.16. The molecule has 1 aromatic carbocycles. The molecule has 88 valence electrons. The number of aromatic nitrogens is 1. The summed E-state index contributed by atoms with van der Waals surface area (Å²) in [5.74, 6) is 0. The van der Waals surface area contributed by atoms with Gasteiger partial charge in [-0.05, 0) is 35.9 Å².